The van der Waals surface area contributed by atoms with Gasteiger partial charge >= 0.3 is 0 Å². The van der Waals surface area contributed by atoms with E-state index in [2.05, 4.69) is 4.98 Å². The van der Waals surface area contributed by atoms with Crippen LogP contribution in [0.3, 0.4) is 0 Å². The molecule has 1 aliphatic heterocycles. The molecule has 0 unspecified atom stereocenters. The summed E-state index contributed by atoms with van der Waals surface area (Å²) in [4.78, 5) is 34.0. The zero-order chi connectivity index (χ0) is 29.9. The second kappa shape index (κ2) is 12.4. The number of rotatable bonds is 8. The fourth-order valence-corrected chi connectivity index (χ4v) is 5.90. The van der Waals surface area contributed by atoms with Crippen molar-refractivity contribution in [2.75, 3.05) is 40.8 Å². The van der Waals surface area contributed by atoms with E-state index in [9.17, 15) is 23.1 Å². The first-order valence-corrected chi connectivity index (χ1v) is 14.8. The van der Waals surface area contributed by atoms with Crippen LogP contribution in [0, 0.1) is 5.92 Å². The van der Waals surface area contributed by atoms with Gasteiger partial charge in [0.1, 0.15) is 11.7 Å². The lowest BCUT2D eigenvalue weighted by Crippen LogP contribution is -2.50. The highest BCUT2D eigenvalue weighted by Crippen LogP contribution is 2.31. The average molecular weight is 581 g/mol. The highest BCUT2D eigenvalue weighted by Gasteiger charge is 2.36. The Labute approximate surface area is 241 Å². The van der Waals surface area contributed by atoms with Crippen molar-refractivity contribution in [3.63, 3.8) is 0 Å². The van der Waals surface area contributed by atoms with Crippen molar-refractivity contribution >= 4 is 21.8 Å². The van der Waals surface area contributed by atoms with E-state index in [1.165, 1.54) is 28.4 Å². The number of carbonyl (C=O) groups excluding carboxylic acids is 2. The molecule has 4 rings (SSSR count). The molecule has 2 heterocycles. The Bertz CT molecular complexity index is 1510. The lowest BCUT2D eigenvalue weighted by atomic mass is 9.99. The average Bonchev–Trinajstić information content (AvgIpc) is 2.98. The van der Waals surface area contributed by atoms with E-state index in [4.69, 9.17) is 4.74 Å². The fourth-order valence-electron chi connectivity index (χ4n) is 4.69. The van der Waals surface area contributed by atoms with Gasteiger partial charge in [-0.2, -0.15) is 4.31 Å². The quantitative estimate of drug-likeness (QED) is 0.435. The van der Waals surface area contributed by atoms with E-state index in [0.29, 0.717) is 16.7 Å². The van der Waals surface area contributed by atoms with Crippen LogP contribution in [0.15, 0.2) is 71.8 Å². The number of pyridine rings is 1. The molecule has 0 bridgehead atoms. The number of ether oxygens (including phenoxy) is 1. The molecule has 218 valence electrons. The van der Waals surface area contributed by atoms with Gasteiger partial charge in [0, 0.05) is 50.9 Å². The summed E-state index contributed by atoms with van der Waals surface area (Å²) >= 11 is 0. The Morgan fingerprint density at radius 3 is 2.46 bits per heavy atom. The largest absolute Gasteiger partial charge is 0.472 e. The Morgan fingerprint density at radius 1 is 1.10 bits per heavy atom. The zero-order valence-electron chi connectivity index (χ0n) is 23.9. The number of carbonyl (C=O) groups is 2. The van der Waals surface area contributed by atoms with Crippen molar-refractivity contribution in [1.82, 2.24) is 19.1 Å². The number of benzene rings is 2. The summed E-state index contributed by atoms with van der Waals surface area (Å²) in [6.45, 7) is 3.64. The van der Waals surface area contributed by atoms with E-state index in [0.717, 1.165) is 0 Å². The van der Waals surface area contributed by atoms with Crippen molar-refractivity contribution in [3.05, 3.63) is 78.0 Å². The predicted octanol–water partition coefficient (Wildman–Crippen LogP) is 2.99. The topological polar surface area (TPSA) is 120 Å². The van der Waals surface area contributed by atoms with Crippen LogP contribution in [0.2, 0.25) is 0 Å². The third kappa shape index (κ3) is 6.42. The molecule has 2 aromatic carbocycles. The van der Waals surface area contributed by atoms with Crippen LogP contribution >= 0.6 is 0 Å². The third-order valence-corrected chi connectivity index (χ3v) is 9.10. The maximum absolute atomic E-state index is 13.8. The van der Waals surface area contributed by atoms with Crippen molar-refractivity contribution < 1.29 is 27.9 Å². The summed E-state index contributed by atoms with van der Waals surface area (Å²) in [5, 5.41) is 9.94. The number of fused-ring (bicyclic) bond motifs is 1. The van der Waals surface area contributed by atoms with Crippen LogP contribution < -0.4 is 4.74 Å². The number of nitrogens with zero attached hydrogens (tertiary/aromatic N) is 4. The van der Waals surface area contributed by atoms with E-state index in [1.54, 1.807) is 74.6 Å². The lowest BCUT2D eigenvalue weighted by Gasteiger charge is -2.37. The summed E-state index contributed by atoms with van der Waals surface area (Å²) < 4.78 is 34.0. The molecule has 11 heteroatoms. The van der Waals surface area contributed by atoms with Crippen LogP contribution in [0.1, 0.15) is 34.6 Å². The number of hydrogen-bond donors (Lipinski definition) is 1. The minimum Gasteiger partial charge on any atom is -0.472 e. The number of hydrogen-bond acceptors (Lipinski definition) is 7. The van der Waals surface area contributed by atoms with Gasteiger partial charge < -0.3 is 19.6 Å². The van der Waals surface area contributed by atoms with Crippen molar-refractivity contribution in [1.29, 1.82) is 0 Å². The van der Waals surface area contributed by atoms with E-state index in [1.807, 2.05) is 13.0 Å². The van der Waals surface area contributed by atoms with Gasteiger partial charge in [-0.1, -0.05) is 37.3 Å². The summed E-state index contributed by atoms with van der Waals surface area (Å²) in [5.74, 6) is -0.715. The molecule has 0 saturated carbocycles. The smallest absolute Gasteiger partial charge is 0.259 e. The maximum Gasteiger partial charge on any atom is 0.259 e. The number of likely N-dealkylation sites (N-methyl/N-ethyl adjacent to an activating group) is 1. The molecule has 0 spiro atoms. The number of amides is 2. The molecule has 1 aliphatic rings. The Hall–Kier alpha value is -3.80. The molecule has 3 atom stereocenters. The first-order valence-electron chi connectivity index (χ1n) is 13.4. The van der Waals surface area contributed by atoms with Crippen molar-refractivity contribution in [2.24, 2.45) is 5.92 Å². The zero-order valence-corrected chi connectivity index (χ0v) is 24.7. The molecular weight excluding hydrogens is 544 g/mol. The minimum atomic E-state index is -3.78. The van der Waals surface area contributed by atoms with Gasteiger partial charge in [0.15, 0.2) is 0 Å². The van der Waals surface area contributed by atoms with Crippen LogP contribution in [0.5, 0.6) is 5.88 Å². The van der Waals surface area contributed by atoms with Crippen LogP contribution in [0.25, 0.3) is 11.1 Å². The first kappa shape index (κ1) is 30.2. The number of aliphatic hydroxyl groups excluding tert-OH is 1. The second-order valence-corrected chi connectivity index (χ2v) is 12.6. The molecule has 0 aliphatic carbocycles. The molecule has 0 saturated heterocycles. The van der Waals surface area contributed by atoms with Gasteiger partial charge in [-0.15, -0.1) is 0 Å². The Balaban J connectivity index is 1.73. The minimum absolute atomic E-state index is 0.0193. The molecule has 1 N–H and O–H groups in total. The van der Waals surface area contributed by atoms with Gasteiger partial charge in [-0.25, -0.2) is 13.4 Å². The standard InChI is InChI=1S/C30H36N4O6S/c1-20-17-34(21(2)19-35)30(37)26-15-24(22-10-9-11-23(14-22)29(36)32(3)4)16-31-28(26)40-27(20)18-33(5)41(38,39)25-12-7-6-8-13-25/h6-16,20-21,27,35H,17-19H2,1-5H3/t20-,21+,27+/m0/s1. The highest BCUT2D eigenvalue weighted by atomic mass is 32.2. The van der Waals surface area contributed by atoms with Crippen molar-refractivity contribution in [2.45, 2.75) is 30.9 Å². The summed E-state index contributed by atoms with van der Waals surface area (Å²) in [6, 6.07) is 16.4. The molecule has 0 fully saturated rings. The number of sulfonamides is 1. The van der Waals surface area contributed by atoms with Gasteiger partial charge in [0.2, 0.25) is 15.9 Å². The summed E-state index contributed by atoms with van der Waals surface area (Å²) in [7, 11) is 1.06. The normalized spacial score (nSPS) is 18.2. The van der Waals surface area contributed by atoms with Gasteiger partial charge in [0.05, 0.1) is 24.1 Å². The monoisotopic (exact) mass is 580 g/mol. The molecule has 1 aromatic heterocycles. The highest BCUT2D eigenvalue weighted by molar-refractivity contribution is 7.89. The second-order valence-electron chi connectivity index (χ2n) is 10.6. The van der Waals surface area contributed by atoms with E-state index >= 15 is 0 Å². The fraction of sp³-hybridized carbons (Fsp3) is 0.367. The summed E-state index contributed by atoms with van der Waals surface area (Å²) in [6.07, 6.45) is 0.928. The number of aliphatic hydroxyl groups is 1. The maximum atomic E-state index is 13.8. The first-order chi connectivity index (χ1) is 19.4. The van der Waals surface area contributed by atoms with Gasteiger partial charge in [0.25, 0.3) is 11.8 Å². The van der Waals surface area contributed by atoms with Crippen LogP contribution in [-0.4, -0.2) is 97.4 Å². The van der Waals surface area contributed by atoms with Crippen LogP contribution in [0.4, 0.5) is 0 Å². The van der Waals surface area contributed by atoms with Crippen LogP contribution in [-0.2, 0) is 10.0 Å². The third-order valence-electron chi connectivity index (χ3n) is 7.26. The Morgan fingerprint density at radius 2 is 1.80 bits per heavy atom. The van der Waals surface area contributed by atoms with Crippen molar-refractivity contribution in [3.8, 4) is 17.0 Å². The van der Waals surface area contributed by atoms with Gasteiger partial charge in [-0.3, -0.25) is 9.59 Å². The predicted molar refractivity (Wildman–Crippen MR) is 155 cm³/mol. The molecule has 10 nitrogen and oxygen atoms in total. The summed E-state index contributed by atoms with van der Waals surface area (Å²) in [5.41, 5.74) is 1.99. The van der Waals surface area contributed by atoms with Gasteiger partial charge in [-0.05, 0) is 42.8 Å². The molecule has 2 amide bonds. The molecule has 41 heavy (non-hydrogen) atoms. The Kier molecular flexibility index (Phi) is 9.11. The van der Waals surface area contributed by atoms with E-state index < -0.39 is 22.2 Å². The molecule has 3 aromatic rings. The SMILES string of the molecule is C[C@H](CO)N1C[C@H](C)[C@@H](CN(C)S(=O)(=O)c2ccccc2)Oc2ncc(-c3cccc(C(=O)N(C)C)c3)cc2C1=O. The van der Waals surface area contributed by atoms with E-state index in [-0.39, 0.29) is 53.8 Å². The number of aromatic nitrogens is 1. The molecular formula is C30H36N4O6S. The molecule has 0 radical (unpaired) electrons. The lowest BCUT2D eigenvalue weighted by molar-refractivity contribution is 0.0373.